The number of hydrogen-bond donors (Lipinski definition) is 1. The largest absolute Gasteiger partial charge is 0.481 e. The molecule has 2 aromatic heterocycles. The summed E-state index contributed by atoms with van der Waals surface area (Å²) in [6, 6.07) is 0. The lowest BCUT2D eigenvalue weighted by Crippen LogP contribution is -2.01. The molecule has 2 heterocycles. The summed E-state index contributed by atoms with van der Waals surface area (Å²) in [5.74, 6) is -0.554. The Morgan fingerprint density at radius 3 is 3.13 bits per heavy atom. The van der Waals surface area contributed by atoms with Crippen molar-refractivity contribution in [1.29, 1.82) is 0 Å². The van der Waals surface area contributed by atoms with Crippen molar-refractivity contribution < 1.29 is 14.4 Å². The van der Waals surface area contributed by atoms with Gasteiger partial charge in [-0.05, 0) is 0 Å². The van der Waals surface area contributed by atoms with Crippen molar-refractivity contribution in [3.05, 3.63) is 24.1 Å². The van der Waals surface area contributed by atoms with Crippen LogP contribution in [0.15, 0.2) is 17.0 Å². The molecule has 0 atom stereocenters. The van der Waals surface area contributed by atoms with Gasteiger partial charge in [0.1, 0.15) is 6.54 Å². The highest BCUT2D eigenvalue weighted by Crippen LogP contribution is 1.98. The van der Waals surface area contributed by atoms with Crippen LogP contribution in [0.25, 0.3) is 0 Å². The van der Waals surface area contributed by atoms with E-state index in [0.717, 1.165) is 0 Å². The minimum Gasteiger partial charge on any atom is -0.481 e. The zero-order valence-corrected chi connectivity index (χ0v) is 7.57. The van der Waals surface area contributed by atoms with Gasteiger partial charge in [-0.2, -0.15) is 4.98 Å². The third kappa shape index (κ3) is 2.36. The van der Waals surface area contributed by atoms with Crippen LogP contribution in [0.3, 0.4) is 0 Å². The van der Waals surface area contributed by atoms with E-state index < -0.39 is 5.97 Å². The lowest BCUT2D eigenvalue weighted by Gasteiger charge is -1.91. The van der Waals surface area contributed by atoms with E-state index in [0.29, 0.717) is 11.6 Å². The fraction of sp³-hybridized carbons (Fsp3) is 0.286. The number of carbonyl (C=O) groups is 1. The summed E-state index contributed by atoms with van der Waals surface area (Å²) in [7, 11) is 0. The van der Waals surface area contributed by atoms with E-state index in [2.05, 4.69) is 20.5 Å². The van der Waals surface area contributed by atoms with Crippen LogP contribution in [0.5, 0.6) is 0 Å². The molecule has 0 saturated carbocycles. The molecule has 0 aromatic carbocycles. The van der Waals surface area contributed by atoms with Crippen molar-refractivity contribution in [2.24, 2.45) is 0 Å². The molecule has 8 heteroatoms. The van der Waals surface area contributed by atoms with Crippen LogP contribution < -0.4 is 0 Å². The van der Waals surface area contributed by atoms with Gasteiger partial charge in [-0.1, -0.05) is 10.4 Å². The molecular weight excluding hydrogens is 202 g/mol. The van der Waals surface area contributed by atoms with Crippen LogP contribution in [0.2, 0.25) is 0 Å². The molecule has 0 fully saturated rings. The molecule has 0 spiro atoms. The molecule has 0 unspecified atom stereocenters. The predicted molar refractivity (Wildman–Crippen MR) is 44.8 cm³/mol. The molecule has 1 N–H and O–H groups in total. The summed E-state index contributed by atoms with van der Waals surface area (Å²) < 4.78 is 6.20. The first-order valence-corrected chi connectivity index (χ1v) is 4.10. The number of aliphatic carboxylic acids is 1. The van der Waals surface area contributed by atoms with E-state index in [9.17, 15) is 4.79 Å². The Balaban J connectivity index is 2.04. The number of aromatic nitrogens is 5. The maximum absolute atomic E-state index is 10.4. The Morgan fingerprint density at radius 2 is 2.47 bits per heavy atom. The van der Waals surface area contributed by atoms with Gasteiger partial charge >= 0.3 is 5.97 Å². The first kappa shape index (κ1) is 9.31. The Hall–Kier alpha value is -2.25. The summed E-state index contributed by atoms with van der Waals surface area (Å²) in [5.41, 5.74) is 0.391. The molecule has 78 valence electrons. The highest BCUT2D eigenvalue weighted by molar-refractivity contribution is 5.69. The molecule has 0 saturated heterocycles. The minimum absolute atomic E-state index is 0.149. The first-order chi connectivity index (χ1) is 7.24. The zero-order chi connectivity index (χ0) is 10.7. The minimum atomic E-state index is -0.945. The molecule has 0 aliphatic carbocycles. The normalized spacial score (nSPS) is 10.4. The van der Waals surface area contributed by atoms with Crippen molar-refractivity contribution in [3.8, 4) is 0 Å². The van der Waals surface area contributed by atoms with Crippen LogP contribution in [-0.2, 0) is 17.8 Å². The average molecular weight is 209 g/mol. The van der Waals surface area contributed by atoms with Gasteiger partial charge in [0, 0.05) is 6.20 Å². The molecule has 8 nitrogen and oxygen atoms in total. The van der Waals surface area contributed by atoms with Gasteiger partial charge in [0.15, 0.2) is 6.33 Å². The highest BCUT2D eigenvalue weighted by Gasteiger charge is 2.07. The van der Waals surface area contributed by atoms with Gasteiger partial charge in [0.05, 0.1) is 12.1 Å². The average Bonchev–Trinajstić information content (AvgIpc) is 2.77. The van der Waals surface area contributed by atoms with Crippen molar-refractivity contribution in [1.82, 2.24) is 25.1 Å². The second kappa shape index (κ2) is 3.86. The molecule has 0 amide bonds. The monoisotopic (exact) mass is 209 g/mol. The molecular formula is C7H7N5O3. The van der Waals surface area contributed by atoms with Gasteiger partial charge in [0.25, 0.3) is 0 Å². The predicted octanol–water partition coefficient (Wildman–Crippen LogP) is -0.663. The van der Waals surface area contributed by atoms with E-state index in [1.807, 2.05) is 0 Å². The van der Waals surface area contributed by atoms with E-state index >= 15 is 0 Å². The zero-order valence-electron chi connectivity index (χ0n) is 7.57. The third-order valence-electron chi connectivity index (χ3n) is 1.62. The highest BCUT2D eigenvalue weighted by atomic mass is 16.5. The molecule has 0 aliphatic rings. The SMILES string of the molecule is O=C(O)Cc1cn(Cc2ncno2)nn1. The van der Waals surface area contributed by atoms with Gasteiger partial charge in [-0.25, -0.2) is 4.68 Å². The molecule has 2 rings (SSSR count). The summed E-state index contributed by atoms with van der Waals surface area (Å²) in [5, 5.41) is 19.3. The fourth-order valence-electron chi connectivity index (χ4n) is 1.06. The summed E-state index contributed by atoms with van der Waals surface area (Å²) in [6.07, 6.45) is 2.66. The Morgan fingerprint density at radius 1 is 1.60 bits per heavy atom. The third-order valence-corrected chi connectivity index (χ3v) is 1.62. The number of rotatable bonds is 4. The van der Waals surface area contributed by atoms with Gasteiger partial charge in [-0.3, -0.25) is 4.79 Å². The van der Waals surface area contributed by atoms with E-state index in [4.69, 9.17) is 9.63 Å². The molecule has 0 bridgehead atoms. The lowest BCUT2D eigenvalue weighted by atomic mass is 10.3. The number of carboxylic acids is 1. The van der Waals surface area contributed by atoms with Crippen LogP contribution in [-0.4, -0.2) is 36.2 Å². The molecule has 0 aliphatic heterocycles. The number of carboxylic acid groups (broad SMARTS) is 1. The topological polar surface area (TPSA) is 107 Å². The Kier molecular flexibility index (Phi) is 2.40. The lowest BCUT2D eigenvalue weighted by molar-refractivity contribution is -0.136. The Labute approximate surface area is 83.5 Å². The van der Waals surface area contributed by atoms with Crippen molar-refractivity contribution in [2.45, 2.75) is 13.0 Å². The second-order valence-corrected chi connectivity index (χ2v) is 2.81. The van der Waals surface area contributed by atoms with Gasteiger partial charge in [0.2, 0.25) is 5.89 Å². The van der Waals surface area contributed by atoms with E-state index in [1.54, 1.807) is 0 Å². The second-order valence-electron chi connectivity index (χ2n) is 2.81. The summed E-state index contributed by atoms with van der Waals surface area (Å²) in [6.45, 7) is 0.284. The van der Waals surface area contributed by atoms with Crippen molar-refractivity contribution in [3.63, 3.8) is 0 Å². The van der Waals surface area contributed by atoms with Crippen LogP contribution in [0.1, 0.15) is 11.6 Å². The smallest absolute Gasteiger partial charge is 0.309 e. The van der Waals surface area contributed by atoms with Crippen molar-refractivity contribution in [2.75, 3.05) is 0 Å². The maximum atomic E-state index is 10.4. The maximum Gasteiger partial charge on any atom is 0.309 e. The fourth-order valence-corrected chi connectivity index (χ4v) is 1.06. The number of hydrogen-bond acceptors (Lipinski definition) is 6. The molecule has 0 radical (unpaired) electrons. The van der Waals surface area contributed by atoms with E-state index in [1.165, 1.54) is 17.2 Å². The first-order valence-electron chi connectivity index (χ1n) is 4.10. The summed E-state index contributed by atoms with van der Waals surface area (Å²) >= 11 is 0. The van der Waals surface area contributed by atoms with Crippen LogP contribution in [0.4, 0.5) is 0 Å². The van der Waals surface area contributed by atoms with E-state index in [-0.39, 0.29) is 13.0 Å². The Bertz CT molecular complexity index is 449. The summed E-state index contributed by atoms with van der Waals surface area (Å²) in [4.78, 5) is 14.2. The van der Waals surface area contributed by atoms with Gasteiger partial charge in [-0.15, -0.1) is 5.10 Å². The standard InChI is InChI=1S/C7H7N5O3/c13-7(14)1-5-2-12(11-10-5)3-6-8-4-9-15-6/h2,4H,1,3H2,(H,13,14). The quantitative estimate of drug-likeness (QED) is 0.711. The molecule has 15 heavy (non-hydrogen) atoms. The number of nitrogens with zero attached hydrogens (tertiary/aromatic N) is 5. The van der Waals surface area contributed by atoms with Crippen LogP contribution in [0, 0.1) is 0 Å². The molecule has 2 aromatic rings. The van der Waals surface area contributed by atoms with Gasteiger partial charge < -0.3 is 9.63 Å². The van der Waals surface area contributed by atoms with Crippen molar-refractivity contribution >= 4 is 5.97 Å². The van der Waals surface area contributed by atoms with Crippen LogP contribution >= 0.6 is 0 Å².